The Hall–Kier alpha value is -3.20. The van der Waals surface area contributed by atoms with Crippen molar-refractivity contribution in [1.29, 1.82) is 5.26 Å². The second kappa shape index (κ2) is 5.43. The number of halogens is 1. The van der Waals surface area contributed by atoms with Crippen LogP contribution < -0.4 is 11.5 Å². The van der Waals surface area contributed by atoms with Crippen molar-refractivity contribution in [2.75, 3.05) is 0 Å². The summed E-state index contributed by atoms with van der Waals surface area (Å²) in [5.41, 5.74) is 10.6. The minimum Gasteiger partial charge on any atom is -0.366 e. The molecule has 0 saturated heterocycles. The molecule has 0 saturated carbocycles. The number of hydrogen-bond donors (Lipinski definition) is 2. The fourth-order valence-corrected chi connectivity index (χ4v) is 2.04. The normalized spacial score (nSPS) is 9.90. The first kappa shape index (κ1) is 14.2. The lowest BCUT2D eigenvalue weighted by molar-refractivity contribution is 0.0999. The smallest absolute Gasteiger partial charge is 0.249 e. The molecule has 0 bridgehead atoms. The quantitative estimate of drug-likeness (QED) is 0.891. The highest BCUT2D eigenvalue weighted by Crippen LogP contribution is 2.30. The van der Waals surface area contributed by atoms with Crippen LogP contribution in [0.1, 0.15) is 26.3 Å². The SMILES string of the molecule is N#Cc1ccc(-c2c(C(N)=O)cccc2C(N)=O)c(F)c1. The molecule has 0 spiro atoms. The van der Waals surface area contributed by atoms with Gasteiger partial charge in [0.25, 0.3) is 0 Å². The van der Waals surface area contributed by atoms with Crippen molar-refractivity contribution < 1.29 is 14.0 Å². The van der Waals surface area contributed by atoms with Gasteiger partial charge >= 0.3 is 0 Å². The number of hydrogen-bond acceptors (Lipinski definition) is 3. The molecule has 0 atom stereocenters. The molecule has 104 valence electrons. The van der Waals surface area contributed by atoms with E-state index in [9.17, 15) is 14.0 Å². The van der Waals surface area contributed by atoms with Gasteiger partial charge in [0.2, 0.25) is 11.8 Å². The van der Waals surface area contributed by atoms with Crippen molar-refractivity contribution in [3.63, 3.8) is 0 Å². The molecule has 2 aromatic rings. The maximum atomic E-state index is 14.2. The molecular weight excluding hydrogens is 273 g/mol. The highest BCUT2D eigenvalue weighted by molar-refractivity contribution is 6.08. The summed E-state index contributed by atoms with van der Waals surface area (Å²) < 4.78 is 14.2. The van der Waals surface area contributed by atoms with Gasteiger partial charge in [-0.05, 0) is 24.3 Å². The van der Waals surface area contributed by atoms with Crippen LogP contribution >= 0.6 is 0 Å². The zero-order chi connectivity index (χ0) is 15.6. The minimum absolute atomic E-state index is 0.0165. The molecule has 2 aromatic carbocycles. The van der Waals surface area contributed by atoms with E-state index < -0.39 is 17.6 Å². The van der Waals surface area contributed by atoms with Crippen LogP contribution in [0.15, 0.2) is 36.4 Å². The molecule has 0 aromatic heterocycles. The van der Waals surface area contributed by atoms with E-state index in [1.165, 1.54) is 30.3 Å². The van der Waals surface area contributed by atoms with Gasteiger partial charge in [0.1, 0.15) is 5.82 Å². The van der Waals surface area contributed by atoms with Gasteiger partial charge < -0.3 is 11.5 Å². The third-order valence-electron chi connectivity index (χ3n) is 2.96. The average molecular weight is 283 g/mol. The van der Waals surface area contributed by atoms with Gasteiger partial charge in [-0.2, -0.15) is 5.26 Å². The number of primary amides is 2. The molecular formula is C15H10FN3O2. The Morgan fingerprint density at radius 1 is 1.05 bits per heavy atom. The Kier molecular flexibility index (Phi) is 3.67. The number of nitrogens with two attached hydrogens (primary N) is 2. The number of benzene rings is 2. The van der Waals surface area contributed by atoms with E-state index in [4.69, 9.17) is 16.7 Å². The Morgan fingerprint density at radius 2 is 1.62 bits per heavy atom. The molecule has 0 unspecified atom stereocenters. The summed E-state index contributed by atoms with van der Waals surface area (Å²) in [4.78, 5) is 23.0. The second-order valence-corrected chi connectivity index (χ2v) is 4.26. The first-order valence-electron chi connectivity index (χ1n) is 5.88. The molecule has 0 heterocycles. The largest absolute Gasteiger partial charge is 0.366 e. The van der Waals surface area contributed by atoms with Gasteiger partial charge in [-0.25, -0.2) is 4.39 Å². The Balaban J connectivity index is 2.82. The topological polar surface area (TPSA) is 110 Å². The van der Waals surface area contributed by atoms with Crippen molar-refractivity contribution in [2.45, 2.75) is 0 Å². The summed E-state index contributed by atoms with van der Waals surface area (Å²) >= 11 is 0. The summed E-state index contributed by atoms with van der Waals surface area (Å²) in [5, 5.41) is 8.74. The number of carbonyl (C=O) groups excluding carboxylic acids is 2. The summed E-state index contributed by atoms with van der Waals surface area (Å²) in [5.74, 6) is -2.36. The van der Waals surface area contributed by atoms with Crippen LogP contribution in [-0.4, -0.2) is 11.8 Å². The molecule has 0 aliphatic carbocycles. The monoisotopic (exact) mass is 283 g/mol. The third-order valence-corrected chi connectivity index (χ3v) is 2.96. The first-order valence-corrected chi connectivity index (χ1v) is 5.88. The van der Waals surface area contributed by atoms with Gasteiger partial charge in [-0.3, -0.25) is 9.59 Å². The van der Waals surface area contributed by atoms with E-state index in [0.29, 0.717) is 0 Å². The summed E-state index contributed by atoms with van der Waals surface area (Å²) in [6.07, 6.45) is 0. The van der Waals surface area contributed by atoms with Crippen molar-refractivity contribution in [3.05, 3.63) is 58.9 Å². The minimum atomic E-state index is -0.808. The zero-order valence-corrected chi connectivity index (χ0v) is 10.8. The van der Waals surface area contributed by atoms with Crippen LogP contribution in [0.2, 0.25) is 0 Å². The number of carbonyl (C=O) groups is 2. The van der Waals surface area contributed by atoms with Crippen LogP contribution in [0.25, 0.3) is 11.1 Å². The van der Waals surface area contributed by atoms with Crippen molar-refractivity contribution in [2.24, 2.45) is 11.5 Å². The molecule has 6 heteroatoms. The molecule has 5 nitrogen and oxygen atoms in total. The van der Waals surface area contributed by atoms with Gasteiger partial charge in [0.05, 0.1) is 11.6 Å². The standard InChI is InChI=1S/C15H10FN3O2/c16-12-6-8(7-17)4-5-9(12)13-10(14(18)20)2-1-3-11(13)15(19)21/h1-6H,(H2,18,20)(H2,19,21). The lowest BCUT2D eigenvalue weighted by Gasteiger charge is -2.12. The van der Waals surface area contributed by atoms with E-state index in [-0.39, 0.29) is 27.8 Å². The van der Waals surface area contributed by atoms with E-state index in [2.05, 4.69) is 0 Å². The number of rotatable bonds is 3. The fraction of sp³-hybridized carbons (Fsp3) is 0. The Morgan fingerprint density at radius 3 is 2.05 bits per heavy atom. The fourth-order valence-electron chi connectivity index (χ4n) is 2.04. The van der Waals surface area contributed by atoms with Gasteiger partial charge in [-0.15, -0.1) is 0 Å². The van der Waals surface area contributed by atoms with Crippen LogP contribution in [0, 0.1) is 17.1 Å². The maximum absolute atomic E-state index is 14.2. The molecule has 0 radical (unpaired) electrons. The maximum Gasteiger partial charge on any atom is 0.249 e. The molecule has 0 aliphatic heterocycles. The van der Waals surface area contributed by atoms with E-state index in [1.807, 2.05) is 0 Å². The van der Waals surface area contributed by atoms with Gasteiger partial charge in [-0.1, -0.05) is 12.1 Å². The Bertz CT molecular complexity index is 762. The van der Waals surface area contributed by atoms with Crippen LogP contribution in [0.5, 0.6) is 0 Å². The number of nitrogens with zero attached hydrogens (tertiary/aromatic N) is 1. The molecule has 2 rings (SSSR count). The van der Waals surface area contributed by atoms with Gasteiger partial charge in [0, 0.05) is 22.3 Å². The molecule has 4 N–H and O–H groups in total. The van der Waals surface area contributed by atoms with E-state index in [1.54, 1.807) is 6.07 Å². The van der Waals surface area contributed by atoms with E-state index >= 15 is 0 Å². The lowest BCUT2D eigenvalue weighted by atomic mass is 9.92. The predicted molar refractivity (Wildman–Crippen MR) is 73.6 cm³/mol. The Labute approximate surface area is 119 Å². The zero-order valence-electron chi connectivity index (χ0n) is 10.8. The second-order valence-electron chi connectivity index (χ2n) is 4.26. The summed E-state index contributed by atoms with van der Waals surface area (Å²) in [6.45, 7) is 0. The van der Waals surface area contributed by atoms with Gasteiger partial charge in [0.15, 0.2) is 0 Å². The molecule has 2 amide bonds. The molecule has 0 fully saturated rings. The van der Waals surface area contributed by atoms with Crippen LogP contribution in [-0.2, 0) is 0 Å². The molecule has 0 aliphatic rings. The average Bonchev–Trinajstić information content (AvgIpc) is 2.46. The van der Waals surface area contributed by atoms with Crippen molar-refractivity contribution in [1.82, 2.24) is 0 Å². The third kappa shape index (κ3) is 2.58. The molecule has 21 heavy (non-hydrogen) atoms. The van der Waals surface area contributed by atoms with Crippen LogP contribution in [0.3, 0.4) is 0 Å². The predicted octanol–water partition coefficient (Wildman–Crippen LogP) is 1.56. The van der Waals surface area contributed by atoms with E-state index in [0.717, 1.165) is 6.07 Å². The summed E-state index contributed by atoms with van der Waals surface area (Å²) in [6, 6.07) is 9.68. The van der Waals surface area contributed by atoms with Crippen molar-refractivity contribution in [3.8, 4) is 17.2 Å². The number of nitriles is 1. The number of amides is 2. The summed E-state index contributed by atoms with van der Waals surface area (Å²) in [7, 11) is 0. The first-order chi connectivity index (χ1) is 9.95. The highest BCUT2D eigenvalue weighted by atomic mass is 19.1. The van der Waals surface area contributed by atoms with Crippen LogP contribution in [0.4, 0.5) is 4.39 Å². The highest BCUT2D eigenvalue weighted by Gasteiger charge is 2.20. The van der Waals surface area contributed by atoms with Crippen molar-refractivity contribution >= 4 is 11.8 Å². The lowest BCUT2D eigenvalue weighted by Crippen LogP contribution is -2.18.